The third kappa shape index (κ3) is 2.07. The summed E-state index contributed by atoms with van der Waals surface area (Å²) in [6, 6.07) is 0. The van der Waals surface area contributed by atoms with Gasteiger partial charge < -0.3 is 9.44 Å². The highest BCUT2D eigenvalue weighted by Gasteiger charge is 2.29. The van der Waals surface area contributed by atoms with Gasteiger partial charge in [-0.25, -0.2) is 9.97 Å². The molecule has 5 rings (SSSR count). The van der Waals surface area contributed by atoms with Crippen LogP contribution < -0.4 is 9.44 Å². The third-order valence-corrected chi connectivity index (χ3v) is 6.69. The van der Waals surface area contributed by atoms with Crippen molar-refractivity contribution in [3.8, 4) is 21.1 Å². The monoisotopic (exact) mass is 390 g/mol. The van der Waals surface area contributed by atoms with Crippen molar-refractivity contribution in [1.29, 1.82) is 0 Å². The SMILES string of the molecule is Cc1cnc(-c2c3c(c(-c4ncc(C)s4)c4nsnc24)NSN3)s1. The number of aryl methyl sites for hydroxylation is 2. The summed E-state index contributed by atoms with van der Waals surface area (Å²) in [7, 11) is 0. The molecule has 0 radical (unpaired) electrons. The van der Waals surface area contributed by atoms with Crippen LogP contribution in [0.5, 0.6) is 0 Å². The van der Waals surface area contributed by atoms with Gasteiger partial charge in [-0.05, 0) is 13.8 Å². The van der Waals surface area contributed by atoms with E-state index in [-0.39, 0.29) is 0 Å². The summed E-state index contributed by atoms with van der Waals surface area (Å²) in [5.41, 5.74) is 5.82. The van der Waals surface area contributed by atoms with Gasteiger partial charge in [-0.1, -0.05) is 0 Å². The molecular formula is C14H10N6S4. The predicted octanol–water partition coefficient (Wildman–Crippen LogP) is 4.96. The fourth-order valence-corrected chi connectivity index (χ4v) is 5.55. The first kappa shape index (κ1) is 14.6. The molecule has 0 atom stereocenters. The summed E-state index contributed by atoms with van der Waals surface area (Å²) >= 11 is 6.01. The fraction of sp³-hybridized carbons (Fsp3) is 0.143. The van der Waals surface area contributed by atoms with E-state index < -0.39 is 0 Å². The molecule has 6 nitrogen and oxygen atoms in total. The lowest BCUT2D eigenvalue weighted by atomic mass is 10.0. The molecule has 0 unspecified atom stereocenters. The Morgan fingerprint density at radius 3 is 1.71 bits per heavy atom. The van der Waals surface area contributed by atoms with E-state index in [1.165, 1.54) is 33.6 Å². The van der Waals surface area contributed by atoms with E-state index in [1.54, 1.807) is 22.7 Å². The molecule has 0 amide bonds. The molecule has 1 aliphatic heterocycles. The Labute approximate surface area is 154 Å². The molecule has 0 aliphatic carbocycles. The van der Waals surface area contributed by atoms with Crippen LogP contribution in [0.4, 0.5) is 11.4 Å². The number of hydrogen-bond acceptors (Lipinski definition) is 10. The molecule has 10 heteroatoms. The summed E-state index contributed by atoms with van der Waals surface area (Å²) in [4.78, 5) is 11.5. The second-order valence-corrected chi connectivity index (χ2v) is 8.93. The molecule has 2 N–H and O–H groups in total. The minimum absolute atomic E-state index is 0.882. The first-order valence-electron chi connectivity index (χ1n) is 7.08. The molecule has 4 aromatic rings. The topological polar surface area (TPSA) is 75.6 Å². The fourth-order valence-electron chi connectivity index (χ4n) is 2.69. The highest BCUT2D eigenvalue weighted by molar-refractivity contribution is 8.02. The van der Waals surface area contributed by atoms with E-state index in [0.717, 1.165) is 43.6 Å². The minimum atomic E-state index is 0.882. The zero-order valence-corrected chi connectivity index (χ0v) is 15.8. The van der Waals surface area contributed by atoms with Crippen LogP contribution in [0.3, 0.4) is 0 Å². The average molecular weight is 391 g/mol. The number of anilines is 2. The zero-order valence-electron chi connectivity index (χ0n) is 12.6. The van der Waals surface area contributed by atoms with E-state index in [0.29, 0.717) is 0 Å². The standard InChI is InChI=1S/C14H10N6S4/c1-5-3-15-13(21-5)7-9-11(19-23-17-9)8(12-10(7)18-24-20-12)14-16-4-6(2)22-14/h3-4,17,19H,1-2H3. The summed E-state index contributed by atoms with van der Waals surface area (Å²) in [5.74, 6) is 0. The van der Waals surface area contributed by atoms with Crippen molar-refractivity contribution in [1.82, 2.24) is 18.7 Å². The molecule has 0 spiro atoms. The molecule has 1 aromatic carbocycles. The Balaban J connectivity index is 1.89. The van der Waals surface area contributed by atoms with Crippen molar-refractivity contribution in [2.24, 2.45) is 0 Å². The molecule has 24 heavy (non-hydrogen) atoms. The van der Waals surface area contributed by atoms with Gasteiger partial charge in [0.25, 0.3) is 0 Å². The summed E-state index contributed by atoms with van der Waals surface area (Å²) in [5, 5.41) is 1.92. The van der Waals surface area contributed by atoms with Crippen LogP contribution in [0, 0.1) is 13.8 Å². The molecule has 4 heterocycles. The van der Waals surface area contributed by atoms with E-state index in [1.807, 2.05) is 12.4 Å². The van der Waals surface area contributed by atoms with Gasteiger partial charge in [0.05, 0.1) is 46.4 Å². The van der Waals surface area contributed by atoms with Gasteiger partial charge in [0.2, 0.25) is 0 Å². The van der Waals surface area contributed by atoms with Crippen molar-refractivity contribution in [2.75, 3.05) is 9.44 Å². The molecule has 0 saturated heterocycles. The quantitative estimate of drug-likeness (QED) is 0.469. The van der Waals surface area contributed by atoms with Gasteiger partial charge >= 0.3 is 0 Å². The third-order valence-electron chi connectivity index (χ3n) is 3.69. The van der Waals surface area contributed by atoms with Gasteiger partial charge in [0.15, 0.2) is 0 Å². The number of thiazole rings is 2. The molecule has 1 aliphatic rings. The maximum absolute atomic E-state index is 4.57. The smallest absolute Gasteiger partial charge is 0.128 e. The maximum Gasteiger partial charge on any atom is 0.128 e. The highest BCUT2D eigenvalue weighted by Crippen LogP contribution is 2.52. The zero-order chi connectivity index (χ0) is 16.3. The van der Waals surface area contributed by atoms with Crippen LogP contribution in [0.25, 0.3) is 32.2 Å². The van der Waals surface area contributed by atoms with Crippen molar-refractivity contribution in [3.05, 3.63) is 22.1 Å². The van der Waals surface area contributed by atoms with Crippen molar-refractivity contribution in [2.45, 2.75) is 13.8 Å². The predicted molar refractivity (Wildman–Crippen MR) is 104 cm³/mol. The van der Waals surface area contributed by atoms with Crippen molar-refractivity contribution >= 4 is 68.9 Å². The summed E-state index contributed by atoms with van der Waals surface area (Å²) < 4.78 is 15.9. The molecule has 0 saturated carbocycles. The lowest BCUT2D eigenvalue weighted by molar-refractivity contribution is 1.38. The van der Waals surface area contributed by atoms with E-state index in [9.17, 15) is 0 Å². The molecule has 0 bridgehead atoms. The van der Waals surface area contributed by atoms with Gasteiger partial charge in [0.1, 0.15) is 21.0 Å². The Morgan fingerprint density at radius 1 is 0.792 bits per heavy atom. The average Bonchev–Trinajstić information content (AvgIpc) is 3.31. The number of rotatable bonds is 2. The number of hydrogen-bond donors (Lipinski definition) is 2. The van der Waals surface area contributed by atoms with Gasteiger partial charge in [-0.15, -0.1) is 22.7 Å². The normalized spacial score (nSPS) is 13.1. The number of benzene rings is 1. The maximum atomic E-state index is 4.57. The molecular weight excluding hydrogens is 380 g/mol. The lowest BCUT2D eigenvalue weighted by Crippen LogP contribution is -1.91. The van der Waals surface area contributed by atoms with Crippen molar-refractivity contribution < 1.29 is 0 Å². The number of nitrogens with one attached hydrogen (secondary N) is 2. The van der Waals surface area contributed by atoms with Gasteiger partial charge in [0, 0.05) is 22.1 Å². The Kier molecular flexibility index (Phi) is 3.27. The summed E-state index contributed by atoms with van der Waals surface area (Å²) in [6.07, 6.45) is 3.79. The van der Waals surface area contributed by atoms with E-state index >= 15 is 0 Å². The Hall–Kier alpha value is -1.75. The Morgan fingerprint density at radius 2 is 1.29 bits per heavy atom. The van der Waals surface area contributed by atoms with Crippen LogP contribution in [-0.4, -0.2) is 18.7 Å². The van der Waals surface area contributed by atoms with Crippen LogP contribution in [0.15, 0.2) is 12.4 Å². The summed E-state index contributed by atoms with van der Waals surface area (Å²) in [6.45, 7) is 4.12. The van der Waals surface area contributed by atoms with Crippen LogP contribution in [0.1, 0.15) is 9.75 Å². The highest BCUT2D eigenvalue weighted by atomic mass is 32.2. The first-order chi connectivity index (χ1) is 11.7. The molecule has 0 fully saturated rings. The number of fused-ring (bicyclic) bond motifs is 2. The van der Waals surface area contributed by atoms with Crippen LogP contribution >= 0.6 is 46.5 Å². The van der Waals surface area contributed by atoms with E-state index in [2.05, 4.69) is 42.0 Å². The second kappa shape index (κ2) is 5.38. The minimum Gasteiger partial charge on any atom is -0.309 e. The van der Waals surface area contributed by atoms with Crippen LogP contribution in [-0.2, 0) is 0 Å². The first-order valence-corrected chi connectivity index (χ1v) is 10.3. The number of aromatic nitrogens is 4. The van der Waals surface area contributed by atoms with Gasteiger partial charge in [-0.2, -0.15) is 8.75 Å². The number of nitrogens with zero attached hydrogens (tertiary/aromatic N) is 4. The van der Waals surface area contributed by atoms with Gasteiger partial charge in [-0.3, -0.25) is 0 Å². The van der Waals surface area contributed by atoms with Crippen LogP contribution in [0.2, 0.25) is 0 Å². The largest absolute Gasteiger partial charge is 0.309 e. The molecule has 120 valence electrons. The Bertz CT molecular complexity index is 996. The van der Waals surface area contributed by atoms with E-state index in [4.69, 9.17) is 0 Å². The molecule has 3 aromatic heterocycles. The second-order valence-electron chi connectivity index (χ2n) is 5.32. The van der Waals surface area contributed by atoms with Crippen molar-refractivity contribution in [3.63, 3.8) is 0 Å². The lowest BCUT2D eigenvalue weighted by Gasteiger charge is -2.10.